The van der Waals surface area contributed by atoms with E-state index in [-0.39, 0.29) is 44.5 Å². The summed E-state index contributed by atoms with van der Waals surface area (Å²) in [6.45, 7) is 10.7. The number of anilines is 1. The Morgan fingerprint density at radius 1 is 0.911 bits per heavy atom. The van der Waals surface area contributed by atoms with Crippen molar-refractivity contribution in [2.45, 2.75) is 71.8 Å². The van der Waals surface area contributed by atoms with Gasteiger partial charge in [0.1, 0.15) is 18.2 Å². The first-order valence-electron chi connectivity index (χ1n) is 15.0. The molecule has 0 saturated carbocycles. The summed E-state index contributed by atoms with van der Waals surface area (Å²) in [5, 5.41) is 11.2. The van der Waals surface area contributed by atoms with Gasteiger partial charge in [-0.3, -0.25) is 9.59 Å². The minimum Gasteiger partial charge on any atom is -0.445 e. The van der Waals surface area contributed by atoms with E-state index in [1.807, 2.05) is 13.8 Å². The Kier molecular flexibility index (Phi) is 16.7. The molecule has 254 valence electrons. The second kappa shape index (κ2) is 19.3. The van der Waals surface area contributed by atoms with Gasteiger partial charge in [-0.2, -0.15) is 0 Å². The molecule has 0 saturated heterocycles. The van der Waals surface area contributed by atoms with E-state index in [1.165, 1.54) is 9.80 Å². The molecule has 2 atom stereocenters. The normalized spacial score (nSPS) is 12.5. The molecule has 0 aromatic heterocycles. The molecule has 0 aliphatic carbocycles. The number of nitrogens with two attached hydrogens (primary N) is 2. The molecule has 0 aliphatic heterocycles. The first-order valence-corrected chi connectivity index (χ1v) is 15.0. The highest BCUT2D eigenvalue weighted by Crippen LogP contribution is 2.13. The molecule has 45 heavy (non-hydrogen) atoms. The quantitative estimate of drug-likeness (QED) is 0.137. The van der Waals surface area contributed by atoms with Crippen LogP contribution in [0.5, 0.6) is 0 Å². The highest BCUT2D eigenvalue weighted by atomic mass is 16.6. The largest absolute Gasteiger partial charge is 0.445 e. The fourth-order valence-electron chi connectivity index (χ4n) is 3.91. The molecule has 0 bridgehead atoms. The van der Waals surface area contributed by atoms with Crippen LogP contribution < -0.4 is 32.7 Å². The average Bonchev–Trinajstić information content (AvgIpc) is 2.95. The van der Waals surface area contributed by atoms with E-state index in [9.17, 15) is 24.0 Å². The molecule has 0 fully saturated rings. The summed E-state index contributed by atoms with van der Waals surface area (Å²) in [6, 6.07) is 4.64. The molecular formula is C30H52N8O7. The second-order valence-electron chi connectivity index (χ2n) is 12.0. The van der Waals surface area contributed by atoms with E-state index in [4.69, 9.17) is 20.9 Å². The maximum atomic E-state index is 13.2. The van der Waals surface area contributed by atoms with Gasteiger partial charge in [-0.1, -0.05) is 26.0 Å². The number of likely N-dealkylation sites (N-methyl/N-ethyl adjacent to an activating group) is 2. The molecule has 15 heteroatoms. The van der Waals surface area contributed by atoms with Crippen LogP contribution in [0, 0.1) is 5.92 Å². The summed E-state index contributed by atoms with van der Waals surface area (Å²) in [7, 11) is 3.16. The molecule has 0 heterocycles. The third-order valence-corrected chi connectivity index (χ3v) is 6.43. The number of hydrogen-bond acceptors (Lipinski definition) is 9. The summed E-state index contributed by atoms with van der Waals surface area (Å²) in [6.07, 6.45) is -0.381. The van der Waals surface area contributed by atoms with Gasteiger partial charge in [0.2, 0.25) is 11.8 Å². The van der Waals surface area contributed by atoms with E-state index in [0.29, 0.717) is 30.8 Å². The number of carbonyl (C=O) groups is 5. The van der Waals surface area contributed by atoms with Crippen LogP contribution in [-0.4, -0.2) is 104 Å². The second-order valence-corrected chi connectivity index (χ2v) is 12.0. The van der Waals surface area contributed by atoms with Crippen molar-refractivity contribution in [3.05, 3.63) is 29.8 Å². The van der Waals surface area contributed by atoms with Crippen LogP contribution in [0.4, 0.5) is 20.1 Å². The molecule has 6 amide bonds. The van der Waals surface area contributed by atoms with E-state index in [1.54, 1.807) is 59.1 Å². The molecule has 0 radical (unpaired) electrons. The summed E-state index contributed by atoms with van der Waals surface area (Å²) < 4.78 is 10.7. The minimum atomic E-state index is -0.876. The van der Waals surface area contributed by atoms with Gasteiger partial charge in [0.15, 0.2) is 0 Å². The Balaban J connectivity index is 2.73. The Hall–Kier alpha value is -4.11. The fraction of sp³-hybridized carbons (Fsp3) is 0.633. The van der Waals surface area contributed by atoms with Crippen molar-refractivity contribution in [2.75, 3.05) is 52.1 Å². The van der Waals surface area contributed by atoms with Gasteiger partial charge in [0.05, 0.1) is 6.04 Å². The molecule has 15 nitrogen and oxygen atoms in total. The number of primary amides is 1. The zero-order valence-corrected chi connectivity index (χ0v) is 27.6. The molecule has 0 aliphatic rings. The molecule has 8 N–H and O–H groups in total. The van der Waals surface area contributed by atoms with Crippen molar-refractivity contribution >= 4 is 35.7 Å². The minimum absolute atomic E-state index is 0.00274. The number of ether oxygens (including phenoxy) is 2. The monoisotopic (exact) mass is 636 g/mol. The summed E-state index contributed by atoms with van der Waals surface area (Å²) in [5.41, 5.74) is 11.3. The van der Waals surface area contributed by atoms with Crippen LogP contribution in [0.2, 0.25) is 0 Å². The summed E-state index contributed by atoms with van der Waals surface area (Å²) >= 11 is 0. The molecule has 0 spiro atoms. The van der Waals surface area contributed by atoms with Crippen molar-refractivity contribution in [3.63, 3.8) is 0 Å². The van der Waals surface area contributed by atoms with Crippen molar-refractivity contribution in [2.24, 2.45) is 17.4 Å². The predicted octanol–water partition coefficient (Wildman–Crippen LogP) is 1.57. The third-order valence-electron chi connectivity index (χ3n) is 6.43. The zero-order valence-electron chi connectivity index (χ0n) is 27.6. The van der Waals surface area contributed by atoms with Crippen LogP contribution in [0.15, 0.2) is 24.3 Å². The smallest absolute Gasteiger partial charge is 0.410 e. The van der Waals surface area contributed by atoms with Crippen molar-refractivity contribution in [1.29, 1.82) is 0 Å². The molecule has 0 unspecified atom stereocenters. The Labute approximate surface area is 266 Å². The van der Waals surface area contributed by atoms with Crippen LogP contribution in [0.3, 0.4) is 0 Å². The fourth-order valence-corrected chi connectivity index (χ4v) is 3.91. The highest BCUT2D eigenvalue weighted by molar-refractivity contribution is 5.97. The van der Waals surface area contributed by atoms with E-state index in [0.717, 1.165) is 0 Å². The maximum Gasteiger partial charge on any atom is 0.410 e. The molecular weight excluding hydrogens is 584 g/mol. The van der Waals surface area contributed by atoms with Gasteiger partial charge in [-0.25, -0.2) is 14.4 Å². The third kappa shape index (κ3) is 16.0. The van der Waals surface area contributed by atoms with Gasteiger partial charge in [-0.05, 0) is 57.2 Å². The topological polar surface area (TPSA) is 210 Å². The number of amides is 6. The first kappa shape index (κ1) is 38.9. The SMILES string of the molecule is CC(C)[C@H](NCCN)C(=O)N[C@@H](CCCNC(N)=O)C(=O)Nc1ccc(COC(=O)N(C)CCN(C)C(=O)OC(C)(C)C)cc1. The molecule has 1 rings (SSSR count). The van der Waals surface area contributed by atoms with Crippen molar-refractivity contribution in [3.8, 4) is 0 Å². The van der Waals surface area contributed by atoms with Crippen LogP contribution in [0.1, 0.15) is 53.0 Å². The Morgan fingerprint density at radius 2 is 1.51 bits per heavy atom. The lowest BCUT2D eigenvalue weighted by atomic mass is 10.0. The Bertz CT molecular complexity index is 1110. The van der Waals surface area contributed by atoms with Crippen molar-refractivity contribution in [1.82, 2.24) is 25.8 Å². The Morgan fingerprint density at radius 3 is 2.04 bits per heavy atom. The molecule has 1 aromatic carbocycles. The summed E-state index contributed by atoms with van der Waals surface area (Å²) in [5.74, 6) is -0.808. The van der Waals surface area contributed by atoms with Gasteiger partial charge in [-0.15, -0.1) is 0 Å². The van der Waals surface area contributed by atoms with E-state index in [2.05, 4.69) is 21.3 Å². The number of rotatable bonds is 17. The van der Waals surface area contributed by atoms with E-state index >= 15 is 0 Å². The number of nitrogens with zero attached hydrogens (tertiary/aromatic N) is 2. The van der Waals surface area contributed by atoms with Crippen LogP contribution >= 0.6 is 0 Å². The lowest BCUT2D eigenvalue weighted by Crippen LogP contribution is -2.54. The number of urea groups is 1. The van der Waals surface area contributed by atoms with Gasteiger partial charge in [0.25, 0.3) is 0 Å². The molecule has 1 aromatic rings. The number of nitrogens with one attached hydrogen (secondary N) is 4. The van der Waals surface area contributed by atoms with Crippen LogP contribution in [-0.2, 0) is 25.7 Å². The van der Waals surface area contributed by atoms with Crippen molar-refractivity contribution < 1.29 is 33.4 Å². The highest BCUT2D eigenvalue weighted by Gasteiger charge is 2.27. The van der Waals surface area contributed by atoms with Crippen LogP contribution in [0.25, 0.3) is 0 Å². The zero-order chi connectivity index (χ0) is 34.2. The lowest BCUT2D eigenvalue weighted by molar-refractivity contribution is -0.128. The maximum absolute atomic E-state index is 13.2. The average molecular weight is 637 g/mol. The number of carbonyl (C=O) groups excluding carboxylic acids is 5. The number of hydrogen-bond donors (Lipinski definition) is 6. The standard InChI is InChI=1S/C30H52N8O7/c1-20(2)24(33-16-14-31)26(40)36-23(9-8-15-34-27(32)41)25(39)35-22-12-10-21(11-13-22)19-44-28(42)37(6)17-18-38(7)29(43)45-30(3,4)5/h10-13,20,23-24,33H,8-9,14-19,31H2,1-7H3,(H,35,39)(H,36,40)(H3,32,34,41)/t23-,24-/m0/s1. The van der Waals surface area contributed by atoms with Gasteiger partial charge >= 0.3 is 18.2 Å². The predicted molar refractivity (Wildman–Crippen MR) is 171 cm³/mol. The number of benzene rings is 1. The van der Waals surface area contributed by atoms with Gasteiger partial charge < -0.3 is 52.0 Å². The first-order chi connectivity index (χ1) is 21.0. The lowest BCUT2D eigenvalue weighted by Gasteiger charge is -2.26. The summed E-state index contributed by atoms with van der Waals surface area (Å²) in [4.78, 5) is 64.5. The van der Waals surface area contributed by atoms with Gasteiger partial charge in [0, 0.05) is 52.5 Å². The van der Waals surface area contributed by atoms with E-state index < -0.39 is 41.8 Å².